The smallest absolute Gasteiger partial charge is 0.122 e. The van der Waals surface area contributed by atoms with Crippen molar-refractivity contribution in [2.45, 2.75) is 5.88 Å². The molecule has 0 spiro atoms. The first kappa shape index (κ1) is 9.62. The van der Waals surface area contributed by atoms with Gasteiger partial charge in [0, 0.05) is 12.1 Å². The number of halogens is 2. The molecule has 1 aromatic carbocycles. The fraction of sp³-hybridized carbons (Fsp3) is 0.222. The Morgan fingerprint density at radius 3 is 2.93 bits per heavy atom. The molecule has 0 saturated heterocycles. The Kier molecular flexibility index (Phi) is 2.52. The van der Waals surface area contributed by atoms with Crippen molar-refractivity contribution in [2.24, 2.45) is 0 Å². The number of hydrogen-bond acceptors (Lipinski definition) is 2. The van der Waals surface area contributed by atoms with Gasteiger partial charge in [0.25, 0.3) is 0 Å². The van der Waals surface area contributed by atoms with E-state index in [9.17, 15) is 0 Å². The summed E-state index contributed by atoms with van der Waals surface area (Å²) >= 11 is 11.7. The summed E-state index contributed by atoms with van der Waals surface area (Å²) in [6.07, 6.45) is 0. The third kappa shape index (κ3) is 1.53. The first-order valence-electron chi connectivity index (χ1n) is 4.02. The Balaban J connectivity index is 2.67. The largest absolute Gasteiger partial charge is 0.497 e. The van der Waals surface area contributed by atoms with Gasteiger partial charge < -0.3 is 9.72 Å². The Bertz CT molecular complexity index is 467. The minimum absolute atomic E-state index is 0.341. The van der Waals surface area contributed by atoms with Gasteiger partial charge in [-0.05, 0) is 0 Å². The topological polar surface area (TPSA) is 37.9 Å². The lowest BCUT2D eigenvalue weighted by Crippen LogP contribution is -1.82. The molecule has 1 heterocycles. The van der Waals surface area contributed by atoms with Gasteiger partial charge in [-0.25, -0.2) is 4.98 Å². The van der Waals surface area contributed by atoms with E-state index in [1.807, 2.05) is 6.07 Å². The van der Waals surface area contributed by atoms with E-state index in [4.69, 9.17) is 27.9 Å². The molecule has 2 aromatic rings. The van der Waals surface area contributed by atoms with Gasteiger partial charge in [0.2, 0.25) is 0 Å². The van der Waals surface area contributed by atoms with Gasteiger partial charge in [-0.3, -0.25) is 0 Å². The Morgan fingerprint density at radius 2 is 2.29 bits per heavy atom. The van der Waals surface area contributed by atoms with Crippen molar-refractivity contribution in [1.82, 2.24) is 9.97 Å². The number of rotatable bonds is 2. The lowest BCUT2D eigenvalue weighted by Gasteiger charge is -1.99. The molecule has 14 heavy (non-hydrogen) atoms. The second-order valence-corrected chi connectivity index (χ2v) is 3.50. The molecule has 0 unspecified atom stereocenters. The summed E-state index contributed by atoms with van der Waals surface area (Å²) in [6, 6.07) is 3.56. The minimum atomic E-state index is 0.341. The second-order valence-electron chi connectivity index (χ2n) is 2.82. The molecule has 0 aliphatic rings. The normalized spacial score (nSPS) is 10.8. The van der Waals surface area contributed by atoms with Crippen LogP contribution in [-0.2, 0) is 5.88 Å². The predicted molar refractivity (Wildman–Crippen MR) is 57.2 cm³/mol. The van der Waals surface area contributed by atoms with E-state index in [1.54, 1.807) is 13.2 Å². The van der Waals surface area contributed by atoms with Crippen LogP contribution in [0.1, 0.15) is 5.82 Å². The average molecular weight is 231 g/mol. The summed E-state index contributed by atoms with van der Waals surface area (Å²) in [5, 5.41) is 0.562. The number of fused-ring (bicyclic) bond motifs is 1. The molecule has 1 aromatic heterocycles. The van der Waals surface area contributed by atoms with E-state index in [2.05, 4.69) is 9.97 Å². The summed E-state index contributed by atoms with van der Waals surface area (Å²) in [5.74, 6) is 1.75. The summed E-state index contributed by atoms with van der Waals surface area (Å²) in [5.41, 5.74) is 1.56. The first-order valence-corrected chi connectivity index (χ1v) is 4.94. The zero-order valence-electron chi connectivity index (χ0n) is 7.47. The van der Waals surface area contributed by atoms with E-state index in [-0.39, 0.29) is 0 Å². The van der Waals surface area contributed by atoms with Crippen LogP contribution in [0, 0.1) is 0 Å². The summed E-state index contributed by atoms with van der Waals surface area (Å²) < 4.78 is 5.08. The highest BCUT2D eigenvalue weighted by atomic mass is 35.5. The number of imidazole rings is 1. The third-order valence-electron chi connectivity index (χ3n) is 1.92. The number of aromatic amines is 1. The van der Waals surface area contributed by atoms with Crippen LogP contribution in [0.15, 0.2) is 12.1 Å². The maximum Gasteiger partial charge on any atom is 0.122 e. The molecule has 1 N–H and O–H groups in total. The lowest BCUT2D eigenvalue weighted by atomic mass is 10.3. The Labute approximate surface area is 91.0 Å². The van der Waals surface area contributed by atoms with E-state index in [0.717, 1.165) is 11.0 Å². The average Bonchev–Trinajstić information content (AvgIpc) is 2.61. The molecule has 0 aliphatic carbocycles. The molecule has 0 amide bonds. The van der Waals surface area contributed by atoms with Crippen LogP contribution in [0.5, 0.6) is 5.75 Å². The molecule has 0 radical (unpaired) electrons. The van der Waals surface area contributed by atoms with E-state index >= 15 is 0 Å². The number of nitrogens with zero attached hydrogens (tertiary/aromatic N) is 1. The molecule has 3 nitrogen and oxygen atoms in total. The molecule has 0 fully saturated rings. The Hall–Kier alpha value is -0.930. The quantitative estimate of drug-likeness (QED) is 0.806. The van der Waals surface area contributed by atoms with Gasteiger partial charge in [-0.1, -0.05) is 11.6 Å². The number of nitrogens with one attached hydrogen (secondary N) is 1. The minimum Gasteiger partial charge on any atom is -0.497 e. The monoisotopic (exact) mass is 230 g/mol. The van der Waals surface area contributed by atoms with Gasteiger partial charge in [-0.2, -0.15) is 0 Å². The number of alkyl halides is 1. The highest BCUT2D eigenvalue weighted by Gasteiger charge is 2.07. The predicted octanol–water partition coefficient (Wildman–Crippen LogP) is 2.96. The molecular weight excluding hydrogens is 223 g/mol. The van der Waals surface area contributed by atoms with Gasteiger partial charge in [-0.15, -0.1) is 11.6 Å². The maximum atomic E-state index is 6.01. The first-order chi connectivity index (χ1) is 6.74. The molecule has 74 valence electrons. The van der Waals surface area contributed by atoms with Gasteiger partial charge in [0.15, 0.2) is 0 Å². The number of hydrogen-bond donors (Lipinski definition) is 1. The number of H-pyrrole nitrogens is 1. The van der Waals surface area contributed by atoms with Crippen molar-refractivity contribution in [3.8, 4) is 5.75 Å². The molecule has 0 saturated carbocycles. The highest BCUT2D eigenvalue weighted by Crippen LogP contribution is 2.27. The van der Waals surface area contributed by atoms with E-state index < -0.39 is 0 Å². The second kappa shape index (κ2) is 3.67. The van der Waals surface area contributed by atoms with Crippen LogP contribution in [0.25, 0.3) is 11.0 Å². The van der Waals surface area contributed by atoms with Crippen molar-refractivity contribution < 1.29 is 4.74 Å². The van der Waals surface area contributed by atoms with Crippen molar-refractivity contribution >= 4 is 34.2 Å². The van der Waals surface area contributed by atoms with Crippen molar-refractivity contribution in [2.75, 3.05) is 7.11 Å². The van der Waals surface area contributed by atoms with Gasteiger partial charge in [0.1, 0.15) is 17.1 Å². The van der Waals surface area contributed by atoms with Gasteiger partial charge in [0.05, 0.1) is 23.5 Å². The number of methoxy groups -OCH3 is 1. The summed E-state index contributed by atoms with van der Waals surface area (Å²) in [6.45, 7) is 0. The molecule has 0 atom stereocenters. The molecule has 5 heteroatoms. The van der Waals surface area contributed by atoms with Crippen LogP contribution in [0.3, 0.4) is 0 Å². The van der Waals surface area contributed by atoms with Crippen molar-refractivity contribution in [3.63, 3.8) is 0 Å². The third-order valence-corrected chi connectivity index (χ3v) is 2.47. The SMILES string of the molecule is COc1cc(Cl)c2nc(CCl)[nH]c2c1. The van der Waals surface area contributed by atoms with Crippen molar-refractivity contribution in [1.29, 1.82) is 0 Å². The lowest BCUT2D eigenvalue weighted by molar-refractivity contribution is 0.415. The molecular formula is C9H8Cl2N2O. The molecule has 2 rings (SSSR count). The summed E-state index contributed by atoms with van der Waals surface area (Å²) in [7, 11) is 1.59. The zero-order chi connectivity index (χ0) is 10.1. The zero-order valence-corrected chi connectivity index (χ0v) is 8.99. The fourth-order valence-electron chi connectivity index (χ4n) is 1.28. The van der Waals surface area contributed by atoms with E-state index in [1.165, 1.54) is 0 Å². The van der Waals surface area contributed by atoms with Crippen LogP contribution in [-0.4, -0.2) is 17.1 Å². The number of benzene rings is 1. The Morgan fingerprint density at radius 1 is 1.50 bits per heavy atom. The van der Waals surface area contributed by atoms with Gasteiger partial charge >= 0.3 is 0 Å². The van der Waals surface area contributed by atoms with E-state index in [0.29, 0.717) is 22.5 Å². The van der Waals surface area contributed by atoms with Crippen LogP contribution >= 0.6 is 23.2 Å². The maximum absolute atomic E-state index is 6.01. The number of ether oxygens (including phenoxy) is 1. The van der Waals surface area contributed by atoms with Crippen LogP contribution in [0.2, 0.25) is 5.02 Å². The fourth-order valence-corrected chi connectivity index (χ4v) is 1.66. The van der Waals surface area contributed by atoms with Crippen LogP contribution in [0.4, 0.5) is 0 Å². The molecule has 0 bridgehead atoms. The molecule has 0 aliphatic heterocycles. The van der Waals surface area contributed by atoms with Crippen molar-refractivity contribution in [3.05, 3.63) is 23.0 Å². The highest BCUT2D eigenvalue weighted by molar-refractivity contribution is 6.35. The van der Waals surface area contributed by atoms with Crippen LogP contribution < -0.4 is 4.74 Å². The number of aromatic nitrogens is 2. The summed E-state index contributed by atoms with van der Waals surface area (Å²) in [4.78, 5) is 7.28. The standard InChI is InChI=1S/C9H8Cl2N2O/c1-14-5-2-6(11)9-7(3-5)12-8(4-10)13-9/h2-3H,4H2,1H3,(H,12,13).